The third-order valence-corrected chi connectivity index (χ3v) is 2.74. The Balaban J connectivity index is 2.29. The van der Waals surface area contributed by atoms with Crippen molar-refractivity contribution in [1.82, 2.24) is 0 Å². The van der Waals surface area contributed by atoms with Crippen LogP contribution in [0, 0.1) is 5.82 Å². The fourth-order valence-electron chi connectivity index (χ4n) is 1.46. The summed E-state index contributed by atoms with van der Waals surface area (Å²) in [7, 11) is 1.59. The summed E-state index contributed by atoms with van der Waals surface area (Å²) in [6, 6.07) is 4.39. The molecule has 0 aliphatic carbocycles. The van der Waals surface area contributed by atoms with E-state index in [1.165, 1.54) is 12.1 Å². The zero-order valence-electron chi connectivity index (χ0n) is 11.0. The number of hydrogen-bond acceptors (Lipinski definition) is 4. The van der Waals surface area contributed by atoms with Crippen LogP contribution >= 0.6 is 11.6 Å². The molecule has 4 nitrogen and oxygen atoms in total. The maximum absolute atomic E-state index is 13.2. The minimum Gasteiger partial charge on any atom is -0.389 e. The number of aliphatic hydroxyl groups excluding tert-OH is 1. The van der Waals surface area contributed by atoms with E-state index in [4.69, 9.17) is 21.1 Å². The number of hydrogen-bond donors (Lipinski definition) is 2. The molecule has 19 heavy (non-hydrogen) atoms. The summed E-state index contributed by atoms with van der Waals surface area (Å²) in [6.45, 7) is 2.79. The maximum atomic E-state index is 13.2. The van der Waals surface area contributed by atoms with E-state index in [2.05, 4.69) is 5.32 Å². The molecule has 108 valence electrons. The van der Waals surface area contributed by atoms with E-state index in [-0.39, 0.29) is 24.3 Å². The quantitative estimate of drug-likeness (QED) is 0.772. The van der Waals surface area contributed by atoms with Gasteiger partial charge < -0.3 is 19.9 Å². The third-order valence-electron chi connectivity index (χ3n) is 2.44. The Labute approximate surface area is 117 Å². The van der Waals surface area contributed by atoms with Crippen molar-refractivity contribution in [2.75, 3.05) is 32.2 Å². The molecule has 1 aromatic rings. The zero-order chi connectivity index (χ0) is 14.3. The highest BCUT2D eigenvalue weighted by Crippen LogP contribution is 2.18. The van der Waals surface area contributed by atoms with Crippen LogP contribution in [0.2, 0.25) is 5.02 Å². The molecule has 0 aliphatic rings. The number of ether oxygens (including phenoxy) is 2. The summed E-state index contributed by atoms with van der Waals surface area (Å²) in [6.07, 6.45) is -0.759. The van der Waals surface area contributed by atoms with Gasteiger partial charge in [-0.1, -0.05) is 11.6 Å². The lowest BCUT2D eigenvalue weighted by Gasteiger charge is -2.16. The highest BCUT2D eigenvalue weighted by molar-refractivity contribution is 6.30. The van der Waals surface area contributed by atoms with Crippen molar-refractivity contribution in [2.45, 2.75) is 19.1 Å². The van der Waals surface area contributed by atoms with E-state index in [9.17, 15) is 9.50 Å². The van der Waals surface area contributed by atoms with Gasteiger partial charge in [-0.25, -0.2) is 4.39 Å². The molecule has 0 spiro atoms. The van der Waals surface area contributed by atoms with Crippen molar-refractivity contribution in [3.8, 4) is 0 Å². The molecule has 2 unspecified atom stereocenters. The first-order valence-electron chi connectivity index (χ1n) is 6.00. The first-order valence-corrected chi connectivity index (χ1v) is 6.38. The average molecular weight is 292 g/mol. The molecule has 0 radical (unpaired) electrons. The van der Waals surface area contributed by atoms with Gasteiger partial charge >= 0.3 is 0 Å². The van der Waals surface area contributed by atoms with Crippen LogP contribution < -0.4 is 5.32 Å². The lowest BCUT2D eigenvalue weighted by Crippen LogP contribution is -2.28. The van der Waals surface area contributed by atoms with Gasteiger partial charge in [0.05, 0.1) is 30.4 Å². The van der Waals surface area contributed by atoms with Crippen molar-refractivity contribution < 1.29 is 19.0 Å². The van der Waals surface area contributed by atoms with Gasteiger partial charge in [0.15, 0.2) is 0 Å². The van der Waals surface area contributed by atoms with Gasteiger partial charge in [0.25, 0.3) is 0 Å². The number of aliphatic hydroxyl groups is 1. The zero-order valence-corrected chi connectivity index (χ0v) is 11.8. The molecule has 0 amide bonds. The van der Waals surface area contributed by atoms with Gasteiger partial charge in [0.1, 0.15) is 5.82 Å². The standard InChI is InChI=1S/C13H19ClFNO3/c1-9(7-18-2)19-8-11(17)6-16-10-3-4-12(14)13(15)5-10/h3-5,9,11,16-17H,6-8H2,1-2H3. The highest BCUT2D eigenvalue weighted by atomic mass is 35.5. The van der Waals surface area contributed by atoms with E-state index >= 15 is 0 Å². The molecule has 1 rings (SSSR count). The summed E-state index contributed by atoms with van der Waals surface area (Å²) in [5.74, 6) is -0.494. The third kappa shape index (κ3) is 6.20. The second-order valence-corrected chi connectivity index (χ2v) is 4.67. The molecule has 0 saturated carbocycles. The number of methoxy groups -OCH3 is 1. The largest absolute Gasteiger partial charge is 0.389 e. The summed E-state index contributed by atoms with van der Waals surface area (Å²) in [4.78, 5) is 0. The molecule has 0 aromatic heterocycles. The molecular weight excluding hydrogens is 273 g/mol. The van der Waals surface area contributed by atoms with E-state index < -0.39 is 11.9 Å². The lowest BCUT2D eigenvalue weighted by molar-refractivity contribution is -0.0282. The van der Waals surface area contributed by atoms with Crippen LogP contribution in [-0.2, 0) is 9.47 Å². The summed E-state index contributed by atoms with van der Waals surface area (Å²) >= 11 is 5.57. The van der Waals surface area contributed by atoms with Crippen molar-refractivity contribution >= 4 is 17.3 Å². The first-order chi connectivity index (χ1) is 9.02. The van der Waals surface area contributed by atoms with Gasteiger partial charge in [0.2, 0.25) is 0 Å². The normalized spacial score (nSPS) is 14.2. The molecule has 0 aliphatic heterocycles. The fraction of sp³-hybridized carbons (Fsp3) is 0.538. The topological polar surface area (TPSA) is 50.7 Å². The Hall–Kier alpha value is -0.880. The molecule has 0 fully saturated rings. The second-order valence-electron chi connectivity index (χ2n) is 4.26. The van der Waals surface area contributed by atoms with Crippen molar-refractivity contribution in [3.63, 3.8) is 0 Å². The summed E-state index contributed by atoms with van der Waals surface area (Å²) in [5.41, 5.74) is 0.561. The van der Waals surface area contributed by atoms with Crippen LogP contribution in [0.15, 0.2) is 18.2 Å². The van der Waals surface area contributed by atoms with Crippen molar-refractivity contribution in [1.29, 1.82) is 0 Å². The van der Waals surface area contributed by atoms with Crippen LogP contribution in [0.3, 0.4) is 0 Å². The van der Waals surface area contributed by atoms with Crippen molar-refractivity contribution in [3.05, 3.63) is 29.0 Å². The van der Waals surface area contributed by atoms with E-state index in [1.54, 1.807) is 13.2 Å². The molecule has 1 aromatic carbocycles. The monoisotopic (exact) mass is 291 g/mol. The Morgan fingerprint density at radius 3 is 2.79 bits per heavy atom. The van der Waals surface area contributed by atoms with Crippen LogP contribution in [-0.4, -0.2) is 44.2 Å². The molecule has 0 heterocycles. The molecule has 2 N–H and O–H groups in total. The first kappa shape index (κ1) is 16.2. The minimum atomic E-state index is -0.682. The summed E-state index contributed by atoms with van der Waals surface area (Å²) in [5, 5.41) is 12.7. The van der Waals surface area contributed by atoms with E-state index in [1.807, 2.05) is 6.92 Å². The smallest absolute Gasteiger partial charge is 0.143 e. The number of anilines is 1. The molecule has 6 heteroatoms. The molecule has 2 atom stereocenters. The maximum Gasteiger partial charge on any atom is 0.143 e. The van der Waals surface area contributed by atoms with Gasteiger partial charge in [-0.05, 0) is 25.1 Å². The minimum absolute atomic E-state index is 0.0721. The number of benzene rings is 1. The Morgan fingerprint density at radius 2 is 2.16 bits per heavy atom. The predicted molar refractivity (Wildman–Crippen MR) is 73.2 cm³/mol. The predicted octanol–water partition coefficient (Wildman–Crippen LogP) is 2.30. The van der Waals surface area contributed by atoms with Gasteiger partial charge in [0, 0.05) is 19.3 Å². The molecular formula is C13H19ClFNO3. The van der Waals surface area contributed by atoms with Crippen molar-refractivity contribution in [2.24, 2.45) is 0 Å². The van der Waals surface area contributed by atoms with Gasteiger partial charge in [-0.3, -0.25) is 0 Å². The SMILES string of the molecule is COCC(C)OCC(O)CNc1ccc(Cl)c(F)c1. The Morgan fingerprint density at radius 1 is 1.42 bits per heavy atom. The van der Waals surface area contributed by atoms with E-state index in [0.29, 0.717) is 12.3 Å². The fourth-order valence-corrected chi connectivity index (χ4v) is 1.58. The lowest BCUT2D eigenvalue weighted by atomic mass is 10.3. The molecule has 0 bridgehead atoms. The van der Waals surface area contributed by atoms with Crippen LogP contribution in [0.25, 0.3) is 0 Å². The number of nitrogens with one attached hydrogen (secondary N) is 1. The number of halogens is 2. The van der Waals surface area contributed by atoms with Gasteiger partial charge in [-0.2, -0.15) is 0 Å². The van der Waals surface area contributed by atoms with Gasteiger partial charge in [-0.15, -0.1) is 0 Å². The average Bonchev–Trinajstić information content (AvgIpc) is 2.38. The van der Waals surface area contributed by atoms with E-state index in [0.717, 1.165) is 0 Å². The highest BCUT2D eigenvalue weighted by Gasteiger charge is 2.08. The Kier molecular flexibility index (Phi) is 7.09. The van der Waals surface area contributed by atoms with Crippen LogP contribution in [0.1, 0.15) is 6.92 Å². The Bertz CT molecular complexity index is 392. The van der Waals surface area contributed by atoms with Crippen LogP contribution in [0.5, 0.6) is 0 Å². The second kappa shape index (κ2) is 8.32. The molecule has 0 saturated heterocycles. The number of rotatable bonds is 8. The summed E-state index contributed by atoms with van der Waals surface area (Å²) < 4.78 is 23.4. The van der Waals surface area contributed by atoms with Crippen LogP contribution in [0.4, 0.5) is 10.1 Å².